The second-order valence-electron chi connectivity index (χ2n) is 5.25. The number of carbonyl (C=O) groups is 2. The van der Waals surface area contributed by atoms with Crippen LogP contribution in [0.1, 0.15) is 0 Å². The van der Waals surface area contributed by atoms with Crippen molar-refractivity contribution in [1.82, 2.24) is 20.4 Å². The first-order chi connectivity index (χ1) is 11.7. The van der Waals surface area contributed by atoms with Crippen molar-refractivity contribution in [3.63, 3.8) is 0 Å². The normalized spacial score (nSPS) is 10.8. The van der Waals surface area contributed by atoms with Crippen molar-refractivity contribution in [1.29, 1.82) is 0 Å². The maximum Gasteiger partial charge on any atom is 0.314 e. The van der Waals surface area contributed by atoms with Crippen LogP contribution in [0.4, 0.5) is 11.4 Å². The average molecular weight is 320 g/mol. The molecule has 0 bridgehead atoms. The Bertz CT molecular complexity index is 979. The number of carbonyl (C=O) groups excluding carboxylic acids is 2. The van der Waals surface area contributed by atoms with E-state index in [2.05, 4.69) is 31.0 Å². The van der Waals surface area contributed by atoms with Crippen LogP contribution in [0.3, 0.4) is 0 Å². The van der Waals surface area contributed by atoms with Gasteiger partial charge in [-0.25, -0.2) is 0 Å². The molecule has 2 aromatic carbocycles. The molecular formula is C16H12N6O2. The summed E-state index contributed by atoms with van der Waals surface area (Å²) in [7, 11) is 0. The largest absolute Gasteiger partial charge is 0.318 e. The van der Waals surface area contributed by atoms with E-state index < -0.39 is 11.8 Å². The van der Waals surface area contributed by atoms with E-state index in [1.54, 1.807) is 48.8 Å². The summed E-state index contributed by atoms with van der Waals surface area (Å²) in [6, 6.07) is 10.4. The third-order valence-corrected chi connectivity index (χ3v) is 3.61. The highest BCUT2D eigenvalue weighted by molar-refractivity contribution is 6.43. The van der Waals surface area contributed by atoms with Gasteiger partial charge in [0.25, 0.3) is 0 Å². The summed E-state index contributed by atoms with van der Waals surface area (Å²) in [6.45, 7) is 0. The van der Waals surface area contributed by atoms with E-state index in [1.165, 1.54) is 0 Å². The molecule has 4 rings (SSSR count). The Labute approximate surface area is 135 Å². The monoisotopic (exact) mass is 320 g/mol. The number of aromatic nitrogens is 4. The summed E-state index contributed by atoms with van der Waals surface area (Å²) in [5.41, 5.74) is 2.57. The van der Waals surface area contributed by atoms with Gasteiger partial charge in [-0.15, -0.1) is 0 Å². The van der Waals surface area contributed by atoms with Crippen molar-refractivity contribution in [2.75, 3.05) is 10.6 Å². The summed E-state index contributed by atoms with van der Waals surface area (Å²) < 4.78 is 0. The molecule has 2 aromatic heterocycles. The smallest absolute Gasteiger partial charge is 0.314 e. The molecule has 0 aliphatic carbocycles. The molecule has 2 heterocycles. The zero-order valence-corrected chi connectivity index (χ0v) is 12.3. The van der Waals surface area contributed by atoms with Crippen LogP contribution in [0.15, 0.2) is 48.8 Å². The van der Waals surface area contributed by atoms with Gasteiger partial charge >= 0.3 is 11.8 Å². The third-order valence-electron chi connectivity index (χ3n) is 3.61. The van der Waals surface area contributed by atoms with Gasteiger partial charge in [-0.1, -0.05) is 0 Å². The lowest BCUT2D eigenvalue weighted by Gasteiger charge is -2.07. The highest BCUT2D eigenvalue weighted by Gasteiger charge is 2.14. The number of anilines is 2. The lowest BCUT2D eigenvalue weighted by atomic mass is 10.2. The van der Waals surface area contributed by atoms with Gasteiger partial charge in [0.1, 0.15) is 0 Å². The van der Waals surface area contributed by atoms with Gasteiger partial charge in [-0.2, -0.15) is 10.2 Å². The molecule has 4 N–H and O–H groups in total. The number of rotatable bonds is 2. The highest BCUT2D eigenvalue weighted by atomic mass is 16.2. The quantitative estimate of drug-likeness (QED) is 0.423. The molecule has 0 radical (unpaired) electrons. The van der Waals surface area contributed by atoms with Crippen LogP contribution in [-0.2, 0) is 9.59 Å². The van der Waals surface area contributed by atoms with Crippen LogP contribution in [-0.4, -0.2) is 32.2 Å². The maximum absolute atomic E-state index is 12.0. The van der Waals surface area contributed by atoms with E-state index in [-0.39, 0.29) is 0 Å². The molecule has 0 spiro atoms. The average Bonchev–Trinajstić information content (AvgIpc) is 3.22. The molecule has 0 atom stereocenters. The SMILES string of the molecule is O=C(Nc1ccc2cn[nH]c2c1)C(=O)Nc1ccc2cn[nH]c2c1. The molecule has 0 unspecified atom stereocenters. The van der Waals surface area contributed by atoms with Gasteiger partial charge < -0.3 is 10.6 Å². The standard InChI is InChI=1S/C16H12N6O2/c23-15(19-11-3-1-9-7-17-21-13(9)5-11)16(24)20-12-4-2-10-8-18-22-14(10)6-12/h1-8H,(H,17,21)(H,18,22)(H,19,23)(H,20,24). The predicted molar refractivity (Wildman–Crippen MR) is 89.4 cm³/mol. The number of hydrogen-bond acceptors (Lipinski definition) is 4. The van der Waals surface area contributed by atoms with Crippen molar-refractivity contribution < 1.29 is 9.59 Å². The first-order valence-electron chi connectivity index (χ1n) is 7.18. The van der Waals surface area contributed by atoms with Crippen LogP contribution >= 0.6 is 0 Å². The van der Waals surface area contributed by atoms with E-state index >= 15 is 0 Å². The van der Waals surface area contributed by atoms with Crippen LogP contribution in [0, 0.1) is 0 Å². The Morgan fingerprint density at radius 2 is 1.21 bits per heavy atom. The number of amides is 2. The second-order valence-corrected chi connectivity index (χ2v) is 5.25. The summed E-state index contributed by atoms with van der Waals surface area (Å²) in [6.07, 6.45) is 3.36. The fourth-order valence-corrected chi connectivity index (χ4v) is 2.41. The molecule has 118 valence electrons. The van der Waals surface area contributed by atoms with E-state index in [0.29, 0.717) is 11.4 Å². The molecule has 8 heteroatoms. The minimum absolute atomic E-state index is 0.510. The number of H-pyrrole nitrogens is 2. The molecule has 4 aromatic rings. The van der Waals surface area contributed by atoms with E-state index in [9.17, 15) is 9.59 Å². The molecule has 2 amide bonds. The molecule has 0 fully saturated rings. The van der Waals surface area contributed by atoms with E-state index in [1.807, 2.05) is 0 Å². The number of aromatic amines is 2. The van der Waals surface area contributed by atoms with Crippen LogP contribution in [0.25, 0.3) is 21.8 Å². The molecule has 0 aliphatic heterocycles. The number of benzene rings is 2. The second kappa shape index (κ2) is 5.51. The van der Waals surface area contributed by atoms with Gasteiger partial charge in [0.15, 0.2) is 0 Å². The summed E-state index contributed by atoms with van der Waals surface area (Å²) in [4.78, 5) is 24.1. The lowest BCUT2D eigenvalue weighted by Crippen LogP contribution is -2.29. The van der Waals surface area contributed by atoms with Gasteiger partial charge in [0.2, 0.25) is 0 Å². The van der Waals surface area contributed by atoms with Crippen LogP contribution in [0.2, 0.25) is 0 Å². The number of nitrogens with zero attached hydrogens (tertiary/aromatic N) is 2. The van der Waals surface area contributed by atoms with Crippen molar-refractivity contribution in [2.24, 2.45) is 0 Å². The fraction of sp³-hybridized carbons (Fsp3) is 0. The first-order valence-corrected chi connectivity index (χ1v) is 7.18. The predicted octanol–water partition coefficient (Wildman–Crippen LogP) is 2.02. The van der Waals surface area contributed by atoms with Gasteiger partial charge in [-0.05, 0) is 36.4 Å². The zero-order chi connectivity index (χ0) is 16.5. The van der Waals surface area contributed by atoms with E-state index in [0.717, 1.165) is 21.8 Å². The van der Waals surface area contributed by atoms with Gasteiger partial charge in [-0.3, -0.25) is 19.8 Å². The Hall–Kier alpha value is -3.68. The third kappa shape index (κ3) is 2.56. The summed E-state index contributed by atoms with van der Waals surface area (Å²) >= 11 is 0. The minimum Gasteiger partial charge on any atom is -0.318 e. The van der Waals surface area contributed by atoms with Crippen LogP contribution in [0.5, 0.6) is 0 Å². The summed E-state index contributed by atoms with van der Waals surface area (Å²) in [5.74, 6) is -1.50. The molecule has 24 heavy (non-hydrogen) atoms. The molecule has 0 saturated carbocycles. The number of hydrogen-bond donors (Lipinski definition) is 4. The Balaban J connectivity index is 1.47. The fourth-order valence-electron chi connectivity index (χ4n) is 2.41. The maximum atomic E-state index is 12.0. The van der Waals surface area contributed by atoms with Crippen molar-refractivity contribution in [3.8, 4) is 0 Å². The molecule has 8 nitrogen and oxygen atoms in total. The summed E-state index contributed by atoms with van der Waals surface area (Å²) in [5, 5.41) is 20.4. The topological polar surface area (TPSA) is 116 Å². The van der Waals surface area contributed by atoms with Gasteiger partial charge in [0.05, 0.1) is 23.4 Å². The van der Waals surface area contributed by atoms with Crippen molar-refractivity contribution in [2.45, 2.75) is 0 Å². The highest BCUT2D eigenvalue weighted by Crippen LogP contribution is 2.18. The Kier molecular flexibility index (Phi) is 3.20. The number of fused-ring (bicyclic) bond motifs is 2. The zero-order valence-electron chi connectivity index (χ0n) is 12.3. The van der Waals surface area contributed by atoms with Gasteiger partial charge in [0, 0.05) is 22.1 Å². The lowest BCUT2D eigenvalue weighted by molar-refractivity contribution is -0.132. The molecular weight excluding hydrogens is 308 g/mol. The molecule has 0 aliphatic rings. The first kappa shape index (κ1) is 13.9. The Morgan fingerprint density at radius 1 is 0.750 bits per heavy atom. The van der Waals surface area contributed by atoms with Crippen LogP contribution < -0.4 is 10.6 Å². The minimum atomic E-state index is -0.751. The van der Waals surface area contributed by atoms with Crippen molar-refractivity contribution in [3.05, 3.63) is 48.8 Å². The Morgan fingerprint density at radius 3 is 1.67 bits per heavy atom. The van der Waals surface area contributed by atoms with Crippen molar-refractivity contribution >= 4 is 45.0 Å². The number of nitrogens with one attached hydrogen (secondary N) is 4. The molecule has 0 saturated heterocycles. The van der Waals surface area contributed by atoms with E-state index in [4.69, 9.17) is 0 Å².